The lowest BCUT2D eigenvalue weighted by Gasteiger charge is -2.14. The molecule has 0 saturated carbocycles. The minimum atomic E-state index is 0.328. The largest absolute Gasteiger partial charge is 0.299 e. The number of carbonyl (C=O) groups is 1. The Labute approximate surface area is 53.8 Å². The Balaban J connectivity index is 2.39. The molecule has 1 rings (SSSR count). The van der Waals surface area contributed by atoms with Gasteiger partial charge in [0.1, 0.15) is 5.78 Å². The third kappa shape index (κ3) is 1.25. The van der Waals surface area contributed by atoms with Crippen molar-refractivity contribution in [1.29, 1.82) is 0 Å². The summed E-state index contributed by atoms with van der Waals surface area (Å²) in [6, 6.07) is 0. The lowest BCUT2D eigenvalue weighted by molar-refractivity contribution is -0.121. The summed E-state index contributed by atoms with van der Waals surface area (Å²) in [4.78, 5) is 10.8. The molecule has 0 spiro atoms. The van der Waals surface area contributed by atoms with Crippen LogP contribution in [0.15, 0.2) is 0 Å². The molecule has 1 heterocycles. The van der Waals surface area contributed by atoms with E-state index in [4.69, 9.17) is 0 Å². The summed E-state index contributed by atoms with van der Waals surface area (Å²) in [6.07, 6.45) is 0.797. The zero-order valence-electron chi connectivity index (χ0n) is 5.02. The molecule has 0 aromatic rings. The van der Waals surface area contributed by atoms with E-state index >= 15 is 0 Å². The van der Waals surface area contributed by atoms with Crippen molar-refractivity contribution < 1.29 is 4.79 Å². The van der Waals surface area contributed by atoms with Gasteiger partial charge in [-0.05, 0) is 0 Å². The van der Waals surface area contributed by atoms with E-state index in [0.29, 0.717) is 11.7 Å². The van der Waals surface area contributed by atoms with Gasteiger partial charge in [0.15, 0.2) is 0 Å². The van der Waals surface area contributed by atoms with E-state index < -0.39 is 0 Å². The van der Waals surface area contributed by atoms with Crippen molar-refractivity contribution in [2.45, 2.75) is 13.3 Å². The van der Waals surface area contributed by atoms with Crippen LogP contribution < -0.4 is 0 Å². The molecular weight excluding hydrogens is 120 g/mol. The molecule has 2 heteroatoms. The van der Waals surface area contributed by atoms with Gasteiger partial charge in [0.05, 0.1) is 0 Å². The fourth-order valence-electron chi connectivity index (χ4n) is 0.772. The van der Waals surface area contributed by atoms with Gasteiger partial charge in [0.25, 0.3) is 0 Å². The maximum atomic E-state index is 10.8. The van der Waals surface area contributed by atoms with Gasteiger partial charge >= 0.3 is 0 Å². The Morgan fingerprint density at radius 3 is 2.88 bits per heavy atom. The highest BCUT2D eigenvalue weighted by Gasteiger charge is 2.16. The third-order valence-electron chi connectivity index (χ3n) is 1.41. The van der Waals surface area contributed by atoms with Crippen molar-refractivity contribution >= 4 is 17.5 Å². The highest BCUT2D eigenvalue weighted by molar-refractivity contribution is 7.99. The normalized spacial score (nSPS) is 30.6. The number of thioether (sulfide) groups is 1. The van der Waals surface area contributed by atoms with Crippen LogP contribution in [0.3, 0.4) is 0 Å². The van der Waals surface area contributed by atoms with Crippen molar-refractivity contribution in [3.05, 3.63) is 0 Å². The molecule has 0 N–H and O–H groups in total. The summed E-state index contributed by atoms with van der Waals surface area (Å²) in [7, 11) is 0. The fourth-order valence-corrected chi connectivity index (χ4v) is 1.82. The Kier molecular flexibility index (Phi) is 1.95. The fraction of sp³-hybridized carbons (Fsp3) is 0.833. The molecule has 0 unspecified atom stereocenters. The molecule has 46 valence electrons. The van der Waals surface area contributed by atoms with Crippen molar-refractivity contribution in [2.24, 2.45) is 5.92 Å². The zero-order valence-corrected chi connectivity index (χ0v) is 5.83. The minimum absolute atomic E-state index is 0.328. The summed E-state index contributed by atoms with van der Waals surface area (Å²) in [5.41, 5.74) is 0. The molecule has 0 aliphatic carbocycles. The van der Waals surface area contributed by atoms with Gasteiger partial charge < -0.3 is 0 Å². The summed E-state index contributed by atoms with van der Waals surface area (Å²) in [5.74, 6) is 2.86. The van der Waals surface area contributed by atoms with Gasteiger partial charge in [0, 0.05) is 23.8 Å². The van der Waals surface area contributed by atoms with Gasteiger partial charge in [-0.25, -0.2) is 0 Å². The molecule has 0 radical (unpaired) electrons. The van der Waals surface area contributed by atoms with Gasteiger partial charge in [-0.2, -0.15) is 11.8 Å². The highest BCUT2D eigenvalue weighted by atomic mass is 32.2. The SMILES string of the molecule is C[C@@H]1CSCCC1=O. The quantitative estimate of drug-likeness (QED) is 0.492. The second-order valence-electron chi connectivity index (χ2n) is 2.19. The maximum Gasteiger partial charge on any atom is 0.137 e. The molecule has 1 atom stereocenters. The lowest BCUT2D eigenvalue weighted by Crippen LogP contribution is -2.18. The summed E-state index contributed by atoms with van der Waals surface area (Å²) in [5, 5.41) is 0. The third-order valence-corrected chi connectivity index (χ3v) is 2.64. The van der Waals surface area contributed by atoms with E-state index in [1.165, 1.54) is 0 Å². The van der Waals surface area contributed by atoms with E-state index in [1.807, 2.05) is 18.7 Å². The van der Waals surface area contributed by atoms with Crippen molar-refractivity contribution in [3.63, 3.8) is 0 Å². The van der Waals surface area contributed by atoms with Gasteiger partial charge in [-0.3, -0.25) is 4.79 Å². The molecule has 1 nitrogen and oxygen atoms in total. The Morgan fingerprint density at radius 1 is 1.75 bits per heavy atom. The van der Waals surface area contributed by atoms with Crippen molar-refractivity contribution in [3.8, 4) is 0 Å². The molecule has 1 aliphatic rings. The van der Waals surface area contributed by atoms with Gasteiger partial charge in [-0.1, -0.05) is 6.92 Å². The second-order valence-corrected chi connectivity index (χ2v) is 3.34. The lowest BCUT2D eigenvalue weighted by atomic mass is 10.1. The van der Waals surface area contributed by atoms with Crippen LogP contribution in [0.25, 0.3) is 0 Å². The molecule has 0 bridgehead atoms. The van der Waals surface area contributed by atoms with Gasteiger partial charge in [-0.15, -0.1) is 0 Å². The first-order valence-electron chi connectivity index (χ1n) is 2.91. The molecule has 1 saturated heterocycles. The highest BCUT2D eigenvalue weighted by Crippen LogP contribution is 2.18. The maximum absolute atomic E-state index is 10.8. The molecule has 0 aromatic heterocycles. The topological polar surface area (TPSA) is 17.1 Å². The Morgan fingerprint density at radius 2 is 2.50 bits per heavy atom. The van der Waals surface area contributed by atoms with Crippen LogP contribution in [0.4, 0.5) is 0 Å². The number of hydrogen-bond acceptors (Lipinski definition) is 2. The van der Waals surface area contributed by atoms with Crippen LogP contribution in [0.2, 0.25) is 0 Å². The van der Waals surface area contributed by atoms with Crippen LogP contribution in [-0.2, 0) is 4.79 Å². The second kappa shape index (κ2) is 2.53. The zero-order chi connectivity index (χ0) is 5.98. The predicted octanol–water partition coefficient (Wildman–Crippen LogP) is 1.33. The number of rotatable bonds is 0. The van der Waals surface area contributed by atoms with Crippen LogP contribution in [0.1, 0.15) is 13.3 Å². The molecular formula is C6H10OS. The Hall–Kier alpha value is 0.0200. The first kappa shape index (κ1) is 6.14. The van der Waals surface area contributed by atoms with Crippen LogP contribution in [0, 0.1) is 5.92 Å². The van der Waals surface area contributed by atoms with E-state index in [9.17, 15) is 4.79 Å². The van der Waals surface area contributed by atoms with Crippen LogP contribution >= 0.6 is 11.8 Å². The van der Waals surface area contributed by atoms with Crippen LogP contribution in [0.5, 0.6) is 0 Å². The number of ketones is 1. The Bertz CT molecular complexity index is 101. The number of carbonyl (C=O) groups excluding carboxylic acids is 1. The first-order valence-corrected chi connectivity index (χ1v) is 4.06. The number of hydrogen-bond donors (Lipinski definition) is 0. The van der Waals surface area contributed by atoms with E-state index in [0.717, 1.165) is 17.9 Å². The number of Topliss-reactive ketones (excluding diaryl/α,β-unsaturated/α-hetero) is 1. The average Bonchev–Trinajstić information content (AvgIpc) is 1.77. The summed E-state index contributed by atoms with van der Waals surface area (Å²) in [6.45, 7) is 2.01. The molecule has 8 heavy (non-hydrogen) atoms. The summed E-state index contributed by atoms with van der Waals surface area (Å²) < 4.78 is 0. The van der Waals surface area contributed by atoms with E-state index in [1.54, 1.807) is 0 Å². The van der Waals surface area contributed by atoms with Gasteiger partial charge in [0.2, 0.25) is 0 Å². The molecule has 0 aromatic carbocycles. The average molecular weight is 130 g/mol. The molecule has 1 fully saturated rings. The van der Waals surface area contributed by atoms with Crippen molar-refractivity contribution in [1.82, 2.24) is 0 Å². The standard InChI is InChI=1S/C6H10OS/c1-5-4-8-3-2-6(5)7/h5H,2-4H2,1H3/t5-/m1/s1. The van der Waals surface area contributed by atoms with E-state index in [-0.39, 0.29) is 0 Å². The monoisotopic (exact) mass is 130 g/mol. The smallest absolute Gasteiger partial charge is 0.137 e. The van der Waals surface area contributed by atoms with Crippen LogP contribution in [-0.4, -0.2) is 17.3 Å². The first-order chi connectivity index (χ1) is 3.80. The molecule has 1 aliphatic heterocycles. The van der Waals surface area contributed by atoms with Crippen molar-refractivity contribution in [2.75, 3.05) is 11.5 Å². The van der Waals surface area contributed by atoms with E-state index in [2.05, 4.69) is 0 Å². The molecule has 0 amide bonds. The summed E-state index contributed by atoms with van der Waals surface area (Å²) >= 11 is 1.89. The predicted molar refractivity (Wildman–Crippen MR) is 36.1 cm³/mol. The minimum Gasteiger partial charge on any atom is -0.299 e.